The quantitative estimate of drug-likeness (QED) is 0.595. The van der Waals surface area contributed by atoms with E-state index in [4.69, 9.17) is 5.73 Å². The molecule has 7 heteroatoms. The molecule has 4 N–H and O–H groups in total. The number of rotatable bonds is 9. The van der Waals surface area contributed by atoms with E-state index in [1.165, 1.54) is 0 Å². The van der Waals surface area contributed by atoms with E-state index in [1.54, 1.807) is 0 Å². The molecule has 0 saturated heterocycles. The summed E-state index contributed by atoms with van der Waals surface area (Å²) in [6, 6.07) is 9.26. The summed E-state index contributed by atoms with van der Waals surface area (Å²) in [5.74, 6) is -0.303. The fourth-order valence-electron chi connectivity index (χ4n) is 1.54. The van der Waals surface area contributed by atoms with Crippen molar-refractivity contribution in [3.05, 3.63) is 35.9 Å². The zero-order valence-corrected chi connectivity index (χ0v) is 12.2. The van der Waals surface area contributed by atoms with Crippen LogP contribution in [0.15, 0.2) is 30.3 Å². The number of carbonyl (C=O) groups excluding carboxylic acids is 1. The summed E-state index contributed by atoms with van der Waals surface area (Å²) in [6.45, 7) is 0.808. The fraction of sp³-hybridized carbons (Fsp3) is 0.462. The maximum Gasteiger partial charge on any atom is 0.220 e. The molecule has 1 aromatic rings. The summed E-state index contributed by atoms with van der Waals surface area (Å²) in [7, 11) is -3.39. The number of nitrogens with one attached hydrogen (secondary N) is 2. The summed E-state index contributed by atoms with van der Waals surface area (Å²) in [5.41, 5.74) is 6.18. The van der Waals surface area contributed by atoms with Crippen molar-refractivity contribution in [2.45, 2.75) is 19.4 Å². The Balaban J connectivity index is 2.26. The maximum atomic E-state index is 11.7. The average Bonchev–Trinajstić information content (AvgIpc) is 2.44. The van der Waals surface area contributed by atoms with Crippen LogP contribution in [0.1, 0.15) is 18.4 Å². The van der Waals surface area contributed by atoms with E-state index in [0.29, 0.717) is 19.4 Å². The van der Waals surface area contributed by atoms with Crippen LogP contribution in [0.5, 0.6) is 0 Å². The van der Waals surface area contributed by atoms with Gasteiger partial charge in [-0.15, -0.1) is 0 Å². The molecule has 0 spiro atoms. The Hall–Kier alpha value is -1.44. The molecule has 0 saturated carbocycles. The molecular weight excluding hydrogens is 278 g/mol. The summed E-state index contributed by atoms with van der Waals surface area (Å²) in [5, 5.41) is 2.56. The smallest absolute Gasteiger partial charge is 0.220 e. The lowest BCUT2D eigenvalue weighted by Crippen LogP contribution is -2.34. The lowest BCUT2D eigenvalue weighted by molar-refractivity contribution is -0.121. The minimum Gasteiger partial charge on any atom is -0.355 e. The monoisotopic (exact) mass is 299 g/mol. The number of sulfonamides is 1. The van der Waals surface area contributed by atoms with Crippen molar-refractivity contribution < 1.29 is 13.2 Å². The minimum atomic E-state index is -3.39. The van der Waals surface area contributed by atoms with Gasteiger partial charge in [0.15, 0.2) is 0 Å². The van der Waals surface area contributed by atoms with Crippen molar-refractivity contribution in [3.63, 3.8) is 0 Å². The molecule has 20 heavy (non-hydrogen) atoms. The third-order valence-electron chi connectivity index (χ3n) is 2.64. The molecule has 0 aliphatic carbocycles. The van der Waals surface area contributed by atoms with Gasteiger partial charge in [-0.05, 0) is 18.5 Å². The average molecular weight is 299 g/mol. The van der Waals surface area contributed by atoms with Gasteiger partial charge in [0, 0.05) is 19.5 Å². The molecule has 0 bridgehead atoms. The van der Waals surface area contributed by atoms with Crippen LogP contribution in [0.3, 0.4) is 0 Å². The van der Waals surface area contributed by atoms with Gasteiger partial charge in [-0.1, -0.05) is 30.3 Å². The molecule has 0 aliphatic rings. The summed E-state index contributed by atoms with van der Waals surface area (Å²) in [4.78, 5) is 11.3. The second kappa shape index (κ2) is 8.68. The van der Waals surface area contributed by atoms with Crippen LogP contribution in [0.2, 0.25) is 0 Å². The van der Waals surface area contributed by atoms with Crippen LogP contribution in [-0.4, -0.2) is 33.2 Å². The van der Waals surface area contributed by atoms with Gasteiger partial charge in [0.25, 0.3) is 0 Å². The van der Waals surface area contributed by atoms with Gasteiger partial charge in [0.05, 0.1) is 5.75 Å². The van der Waals surface area contributed by atoms with Gasteiger partial charge in [0.1, 0.15) is 0 Å². The van der Waals surface area contributed by atoms with Crippen LogP contribution >= 0.6 is 0 Å². The highest BCUT2D eigenvalue weighted by atomic mass is 32.2. The third-order valence-corrected chi connectivity index (χ3v) is 3.97. The van der Waals surface area contributed by atoms with Gasteiger partial charge in [-0.3, -0.25) is 4.79 Å². The Morgan fingerprint density at radius 3 is 2.55 bits per heavy atom. The summed E-state index contributed by atoms with van der Waals surface area (Å²) < 4.78 is 25.9. The van der Waals surface area contributed by atoms with E-state index < -0.39 is 10.0 Å². The van der Waals surface area contributed by atoms with Crippen molar-refractivity contribution in [2.75, 3.05) is 18.8 Å². The van der Waals surface area contributed by atoms with E-state index in [-0.39, 0.29) is 24.7 Å². The Morgan fingerprint density at radius 2 is 1.90 bits per heavy atom. The molecule has 0 aromatic heterocycles. The number of benzene rings is 1. The Bertz CT molecular complexity index is 503. The number of nitrogens with two attached hydrogens (primary N) is 1. The molecule has 1 rings (SSSR count). The highest BCUT2D eigenvalue weighted by Gasteiger charge is 2.10. The number of carbonyl (C=O) groups is 1. The first kappa shape index (κ1) is 16.6. The van der Waals surface area contributed by atoms with Crippen molar-refractivity contribution in [2.24, 2.45) is 5.73 Å². The Morgan fingerprint density at radius 1 is 1.20 bits per heavy atom. The van der Waals surface area contributed by atoms with Gasteiger partial charge in [-0.25, -0.2) is 13.1 Å². The zero-order chi connectivity index (χ0) is 14.8. The summed E-state index contributed by atoms with van der Waals surface area (Å²) in [6.07, 6.45) is 0.929. The van der Waals surface area contributed by atoms with E-state index in [9.17, 15) is 13.2 Å². The van der Waals surface area contributed by atoms with E-state index in [2.05, 4.69) is 10.0 Å². The molecule has 6 nitrogen and oxygen atoms in total. The van der Waals surface area contributed by atoms with Crippen molar-refractivity contribution >= 4 is 15.9 Å². The predicted molar refractivity (Wildman–Crippen MR) is 78.4 cm³/mol. The molecule has 0 unspecified atom stereocenters. The lowest BCUT2D eigenvalue weighted by Gasteiger charge is -2.08. The van der Waals surface area contributed by atoms with Crippen LogP contribution in [0.4, 0.5) is 0 Å². The molecule has 0 atom stereocenters. The number of hydrogen-bond acceptors (Lipinski definition) is 4. The first-order valence-corrected chi connectivity index (χ1v) is 8.17. The lowest BCUT2D eigenvalue weighted by atomic mass is 10.2. The van der Waals surface area contributed by atoms with Crippen LogP contribution in [0, 0.1) is 0 Å². The largest absolute Gasteiger partial charge is 0.355 e. The summed E-state index contributed by atoms with van der Waals surface area (Å²) >= 11 is 0. The third kappa shape index (κ3) is 7.22. The number of hydrogen-bond donors (Lipinski definition) is 3. The molecule has 0 fully saturated rings. The second-order valence-corrected chi connectivity index (χ2v) is 6.29. The Labute approximate surface area is 119 Å². The van der Waals surface area contributed by atoms with Crippen molar-refractivity contribution in [1.29, 1.82) is 0 Å². The predicted octanol–water partition coefficient (Wildman–Crippen LogP) is -0.0389. The topological polar surface area (TPSA) is 101 Å². The van der Waals surface area contributed by atoms with Crippen molar-refractivity contribution in [1.82, 2.24) is 10.0 Å². The van der Waals surface area contributed by atoms with E-state index in [0.717, 1.165) is 5.56 Å². The first-order chi connectivity index (χ1) is 9.53. The van der Waals surface area contributed by atoms with Gasteiger partial charge in [0.2, 0.25) is 15.9 Å². The highest BCUT2D eigenvalue weighted by molar-refractivity contribution is 7.89. The zero-order valence-electron chi connectivity index (χ0n) is 11.3. The van der Waals surface area contributed by atoms with Gasteiger partial charge in [-0.2, -0.15) is 0 Å². The van der Waals surface area contributed by atoms with E-state index >= 15 is 0 Å². The molecule has 1 aromatic carbocycles. The molecule has 112 valence electrons. The van der Waals surface area contributed by atoms with Crippen LogP contribution < -0.4 is 15.8 Å². The number of amides is 1. The molecule has 0 aliphatic heterocycles. The maximum absolute atomic E-state index is 11.7. The van der Waals surface area contributed by atoms with Crippen LogP contribution in [0.25, 0.3) is 0 Å². The fourth-order valence-corrected chi connectivity index (χ4v) is 2.44. The Kier molecular flexibility index (Phi) is 7.21. The first-order valence-electron chi connectivity index (χ1n) is 6.51. The molecular formula is C13H21N3O3S. The van der Waals surface area contributed by atoms with E-state index in [1.807, 2.05) is 30.3 Å². The van der Waals surface area contributed by atoms with Gasteiger partial charge < -0.3 is 11.1 Å². The molecule has 0 radical (unpaired) electrons. The molecule has 0 heterocycles. The molecule has 1 amide bonds. The minimum absolute atomic E-state index is 0.105. The van der Waals surface area contributed by atoms with Gasteiger partial charge >= 0.3 is 0 Å². The van der Waals surface area contributed by atoms with Crippen molar-refractivity contribution in [3.8, 4) is 0 Å². The SMILES string of the molecule is NCCCC(=O)NCCS(=O)(=O)NCc1ccccc1. The van der Waals surface area contributed by atoms with Crippen LogP contribution in [-0.2, 0) is 21.4 Å². The normalized spacial score (nSPS) is 11.2. The standard InChI is InChI=1S/C13H21N3O3S/c14-8-4-7-13(17)15-9-10-20(18,19)16-11-12-5-2-1-3-6-12/h1-3,5-6,16H,4,7-11,14H2,(H,15,17). The highest BCUT2D eigenvalue weighted by Crippen LogP contribution is 1.98. The second-order valence-electron chi connectivity index (χ2n) is 4.37.